The van der Waals surface area contributed by atoms with Crippen molar-refractivity contribution in [3.05, 3.63) is 41.8 Å². The SMILES string of the molecule is C=CS(=O)(=O)CCCCCC(=O)N[C@@H](C(=O)N[C@H](CCCNC(N)=O)C(=O)Nc1ccc(COC(=O)C(C)C(C)C)cc1)C(C)C. The second-order valence-corrected chi connectivity index (χ2v) is 14.0. The van der Waals surface area contributed by atoms with Gasteiger partial charge in [-0.25, -0.2) is 13.2 Å². The standard InChI is InChI=1S/C32H51N5O8S/c1-7-46(43,44)19-10-8-9-13-27(38)37-28(22(4)5)30(40)36-26(12-11-18-34-32(33)42)29(39)35-25-16-14-24(15-17-25)20-45-31(41)23(6)21(2)3/h7,14-17,21-23,26,28H,1,8-13,18-20H2,2-6H3,(H,35,39)(H,36,40)(H,37,38)(H3,33,34,42)/t23?,26-,28-/m1/s1. The maximum atomic E-state index is 13.3. The molecule has 0 fully saturated rings. The smallest absolute Gasteiger partial charge is 0.312 e. The van der Waals surface area contributed by atoms with E-state index in [4.69, 9.17) is 10.5 Å². The minimum atomic E-state index is -3.29. The molecule has 0 spiro atoms. The molecule has 0 saturated carbocycles. The van der Waals surface area contributed by atoms with Crippen LogP contribution in [0.3, 0.4) is 0 Å². The monoisotopic (exact) mass is 665 g/mol. The predicted molar refractivity (Wildman–Crippen MR) is 177 cm³/mol. The van der Waals surface area contributed by atoms with Gasteiger partial charge in [-0.2, -0.15) is 0 Å². The summed E-state index contributed by atoms with van der Waals surface area (Å²) in [6.45, 7) is 12.8. The van der Waals surface area contributed by atoms with Gasteiger partial charge in [0, 0.05) is 24.1 Å². The van der Waals surface area contributed by atoms with Gasteiger partial charge in [0.2, 0.25) is 17.7 Å². The number of sulfone groups is 1. The molecule has 0 aliphatic heterocycles. The molecule has 0 aliphatic rings. The fourth-order valence-corrected chi connectivity index (χ4v) is 4.92. The first-order valence-electron chi connectivity index (χ1n) is 15.6. The molecule has 1 rings (SSSR count). The summed E-state index contributed by atoms with van der Waals surface area (Å²) in [6.07, 6.45) is 1.97. The molecule has 1 unspecified atom stereocenters. The van der Waals surface area contributed by atoms with Crippen LogP contribution >= 0.6 is 0 Å². The van der Waals surface area contributed by atoms with Gasteiger partial charge in [-0.15, -0.1) is 0 Å². The van der Waals surface area contributed by atoms with Crippen LogP contribution in [0.15, 0.2) is 36.3 Å². The number of urea groups is 1. The fourth-order valence-electron chi connectivity index (χ4n) is 4.15. The molecule has 258 valence electrons. The number of esters is 1. The van der Waals surface area contributed by atoms with Crippen LogP contribution in [0.2, 0.25) is 0 Å². The fraction of sp³-hybridized carbons (Fsp3) is 0.594. The van der Waals surface area contributed by atoms with E-state index in [9.17, 15) is 32.4 Å². The minimum absolute atomic E-state index is 0.0368. The van der Waals surface area contributed by atoms with Gasteiger partial charge in [0.05, 0.1) is 11.7 Å². The Morgan fingerprint density at radius 3 is 2.11 bits per heavy atom. The number of unbranched alkanes of at least 4 members (excludes halogenated alkanes) is 2. The number of nitrogens with one attached hydrogen (secondary N) is 4. The van der Waals surface area contributed by atoms with Crippen molar-refractivity contribution < 1.29 is 37.1 Å². The number of carbonyl (C=O) groups is 5. The molecular formula is C32H51N5O8S. The van der Waals surface area contributed by atoms with Crippen LogP contribution in [0, 0.1) is 17.8 Å². The molecule has 6 N–H and O–H groups in total. The Bertz CT molecular complexity index is 1280. The van der Waals surface area contributed by atoms with Crippen LogP contribution < -0.4 is 27.0 Å². The lowest BCUT2D eigenvalue weighted by Gasteiger charge is -2.25. The van der Waals surface area contributed by atoms with E-state index >= 15 is 0 Å². The number of ether oxygens (including phenoxy) is 1. The van der Waals surface area contributed by atoms with Crippen LogP contribution in [-0.2, 0) is 40.4 Å². The summed E-state index contributed by atoms with van der Waals surface area (Å²) in [5, 5.41) is 11.6. The van der Waals surface area contributed by atoms with E-state index in [0.29, 0.717) is 31.4 Å². The van der Waals surface area contributed by atoms with Gasteiger partial charge in [-0.3, -0.25) is 19.2 Å². The van der Waals surface area contributed by atoms with Crippen molar-refractivity contribution in [2.75, 3.05) is 17.6 Å². The predicted octanol–water partition coefficient (Wildman–Crippen LogP) is 3.15. The minimum Gasteiger partial charge on any atom is -0.461 e. The van der Waals surface area contributed by atoms with Crippen LogP contribution in [0.5, 0.6) is 0 Å². The van der Waals surface area contributed by atoms with Gasteiger partial charge >= 0.3 is 12.0 Å². The molecule has 0 bridgehead atoms. The lowest BCUT2D eigenvalue weighted by Crippen LogP contribution is -2.54. The van der Waals surface area contributed by atoms with E-state index in [-0.39, 0.29) is 61.4 Å². The first-order valence-corrected chi connectivity index (χ1v) is 17.3. The number of carbonyl (C=O) groups excluding carboxylic acids is 5. The molecule has 46 heavy (non-hydrogen) atoms. The molecule has 0 radical (unpaired) electrons. The summed E-state index contributed by atoms with van der Waals surface area (Å²) in [4.78, 5) is 62.4. The highest BCUT2D eigenvalue weighted by molar-refractivity contribution is 7.94. The zero-order valence-corrected chi connectivity index (χ0v) is 28.4. The number of benzene rings is 1. The maximum absolute atomic E-state index is 13.3. The van der Waals surface area contributed by atoms with Crippen molar-refractivity contribution in [3.63, 3.8) is 0 Å². The molecule has 0 saturated heterocycles. The summed E-state index contributed by atoms with van der Waals surface area (Å²) in [6, 6.07) is 4.12. The Kier molecular flexibility index (Phi) is 17.6. The Labute approximate surface area is 272 Å². The molecular weight excluding hydrogens is 614 g/mol. The van der Waals surface area contributed by atoms with E-state index in [2.05, 4.69) is 27.8 Å². The molecule has 0 aromatic heterocycles. The van der Waals surface area contributed by atoms with Crippen molar-refractivity contribution in [2.24, 2.45) is 23.5 Å². The molecule has 0 aliphatic carbocycles. The van der Waals surface area contributed by atoms with E-state index in [1.807, 2.05) is 20.8 Å². The van der Waals surface area contributed by atoms with E-state index in [1.165, 1.54) is 0 Å². The zero-order valence-electron chi connectivity index (χ0n) is 27.6. The van der Waals surface area contributed by atoms with Crippen molar-refractivity contribution in [3.8, 4) is 0 Å². The molecule has 14 heteroatoms. The molecule has 5 amide bonds. The molecule has 3 atom stereocenters. The second-order valence-electron chi connectivity index (χ2n) is 12.0. The number of hydrogen-bond acceptors (Lipinski definition) is 8. The highest BCUT2D eigenvalue weighted by Gasteiger charge is 2.29. The highest BCUT2D eigenvalue weighted by atomic mass is 32.2. The molecule has 0 heterocycles. The largest absolute Gasteiger partial charge is 0.461 e. The Balaban J connectivity index is 2.84. The quantitative estimate of drug-likeness (QED) is 0.0973. The topological polar surface area (TPSA) is 203 Å². The molecule has 13 nitrogen and oxygen atoms in total. The van der Waals surface area contributed by atoms with Gasteiger partial charge in [0.25, 0.3) is 0 Å². The Morgan fingerprint density at radius 1 is 0.891 bits per heavy atom. The molecule has 1 aromatic rings. The lowest BCUT2D eigenvalue weighted by atomic mass is 9.99. The summed E-state index contributed by atoms with van der Waals surface area (Å²) in [7, 11) is -3.29. The van der Waals surface area contributed by atoms with Gasteiger partial charge in [-0.1, -0.05) is 59.8 Å². The number of amides is 5. The zero-order chi connectivity index (χ0) is 34.9. The van der Waals surface area contributed by atoms with Crippen LogP contribution in [0.4, 0.5) is 10.5 Å². The third-order valence-electron chi connectivity index (χ3n) is 7.43. The summed E-state index contributed by atoms with van der Waals surface area (Å²) in [5.41, 5.74) is 6.32. The number of primary amides is 1. The Morgan fingerprint density at radius 2 is 1.54 bits per heavy atom. The number of rotatable bonds is 21. The average molecular weight is 666 g/mol. The van der Waals surface area contributed by atoms with Crippen molar-refractivity contribution in [2.45, 2.75) is 91.8 Å². The average Bonchev–Trinajstić information content (AvgIpc) is 2.99. The first kappa shape index (κ1) is 40.1. The number of anilines is 1. The summed E-state index contributed by atoms with van der Waals surface area (Å²) < 4.78 is 28.4. The number of hydrogen-bond donors (Lipinski definition) is 5. The maximum Gasteiger partial charge on any atom is 0.312 e. The lowest BCUT2D eigenvalue weighted by molar-refractivity contribution is -0.150. The summed E-state index contributed by atoms with van der Waals surface area (Å²) in [5.74, 6) is -2.10. The van der Waals surface area contributed by atoms with E-state index in [0.717, 1.165) is 11.0 Å². The van der Waals surface area contributed by atoms with Crippen LogP contribution in [-0.4, -0.2) is 62.5 Å². The third-order valence-corrected chi connectivity index (χ3v) is 8.79. The Hall–Kier alpha value is -3.94. The van der Waals surface area contributed by atoms with E-state index < -0.39 is 39.8 Å². The van der Waals surface area contributed by atoms with Crippen LogP contribution in [0.1, 0.15) is 78.7 Å². The summed E-state index contributed by atoms with van der Waals surface area (Å²) >= 11 is 0. The van der Waals surface area contributed by atoms with Gasteiger partial charge < -0.3 is 31.7 Å². The van der Waals surface area contributed by atoms with Gasteiger partial charge in [0.15, 0.2) is 9.84 Å². The van der Waals surface area contributed by atoms with Gasteiger partial charge in [-0.05, 0) is 55.2 Å². The molecule has 1 aromatic carbocycles. The van der Waals surface area contributed by atoms with Crippen molar-refractivity contribution in [1.29, 1.82) is 0 Å². The number of nitrogens with two attached hydrogens (primary N) is 1. The van der Waals surface area contributed by atoms with E-state index in [1.54, 1.807) is 38.1 Å². The highest BCUT2D eigenvalue weighted by Crippen LogP contribution is 2.16. The van der Waals surface area contributed by atoms with Crippen molar-refractivity contribution in [1.82, 2.24) is 16.0 Å². The first-order chi connectivity index (χ1) is 21.6. The normalized spacial score (nSPS) is 13.3. The third kappa shape index (κ3) is 15.9. The van der Waals surface area contributed by atoms with Gasteiger partial charge in [0.1, 0.15) is 18.7 Å². The second kappa shape index (κ2) is 20.2. The van der Waals surface area contributed by atoms with Crippen molar-refractivity contribution >= 4 is 45.2 Å². The van der Waals surface area contributed by atoms with Crippen LogP contribution in [0.25, 0.3) is 0 Å².